The maximum Gasteiger partial charge on any atom is 0.325 e. The summed E-state index contributed by atoms with van der Waals surface area (Å²) in [5.74, 6) is 0.435. The second-order valence-corrected chi connectivity index (χ2v) is 8.68. The SMILES string of the molecule is O=C(CN1CCN(c2ccc(Cl)cc2)C1=O)NC1CCC(Oc2ccc(Cl)cn2)CC1. The summed E-state index contributed by atoms with van der Waals surface area (Å²) in [6.07, 6.45) is 4.97. The summed E-state index contributed by atoms with van der Waals surface area (Å²) in [5.41, 5.74) is 0.783. The average molecular weight is 463 g/mol. The molecule has 164 valence electrons. The van der Waals surface area contributed by atoms with Gasteiger partial charge in [0.2, 0.25) is 11.8 Å². The molecule has 0 unspecified atom stereocenters. The molecule has 0 atom stereocenters. The number of rotatable bonds is 6. The van der Waals surface area contributed by atoms with E-state index in [1.54, 1.807) is 40.3 Å². The fourth-order valence-corrected chi connectivity index (χ4v) is 4.20. The van der Waals surface area contributed by atoms with Gasteiger partial charge in [0.05, 0.1) is 5.02 Å². The van der Waals surface area contributed by atoms with Crippen molar-refractivity contribution < 1.29 is 14.3 Å². The summed E-state index contributed by atoms with van der Waals surface area (Å²) in [6, 6.07) is 10.6. The highest BCUT2D eigenvalue weighted by Crippen LogP contribution is 2.24. The number of pyridine rings is 1. The summed E-state index contributed by atoms with van der Waals surface area (Å²) < 4.78 is 5.90. The average Bonchev–Trinajstić information content (AvgIpc) is 3.12. The highest BCUT2D eigenvalue weighted by atomic mass is 35.5. The number of halogens is 2. The van der Waals surface area contributed by atoms with Crippen molar-refractivity contribution >= 4 is 40.8 Å². The molecule has 1 saturated heterocycles. The molecule has 1 aromatic carbocycles. The van der Waals surface area contributed by atoms with Gasteiger partial charge in [-0.15, -0.1) is 0 Å². The van der Waals surface area contributed by atoms with Gasteiger partial charge < -0.3 is 15.0 Å². The van der Waals surface area contributed by atoms with Crippen molar-refractivity contribution in [1.29, 1.82) is 0 Å². The zero-order chi connectivity index (χ0) is 21.8. The molecule has 1 N–H and O–H groups in total. The number of anilines is 1. The minimum absolute atomic E-state index is 0.0635. The third-order valence-electron chi connectivity index (χ3n) is 5.59. The third kappa shape index (κ3) is 5.60. The van der Waals surface area contributed by atoms with Crippen LogP contribution in [-0.4, -0.2) is 53.6 Å². The first kappa shape index (κ1) is 21.7. The Balaban J connectivity index is 1.21. The Labute approximate surface area is 191 Å². The summed E-state index contributed by atoms with van der Waals surface area (Å²) in [4.78, 5) is 32.6. The molecule has 1 aliphatic carbocycles. The van der Waals surface area contributed by atoms with Gasteiger partial charge in [-0.2, -0.15) is 0 Å². The molecule has 3 amide bonds. The lowest BCUT2D eigenvalue weighted by Crippen LogP contribution is -2.45. The van der Waals surface area contributed by atoms with Crippen LogP contribution in [0, 0.1) is 0 Å². The lowest BCUT2D eigenvalue weighted by atomic mass is 9.93. The van der Waals surface area contributed by atoms with E-state index in [9.17, 15) is 9.59 Å². The zero-order valence-electron chi connectivity index (χ0n) is 17.0. The second kappa shape index (κ2) is 9.75. The van der Waals surface area contributed by atoms with Crippen molar-refractivity contribution in [3.63, 3.8) is 0 Å². The zero-order valence-corrected chi connectivity index (χ0v) is 18.5. The van der Waals surface area contributed by atoms with Crippen LogP contribution in [0.1, 0.15) is 25.7 Å². The molecule has 0 bridgehead atoms. The van der Waals surface area contributed by atoms with Crippen molar-refractivity contribution in [2.75, 3.05) is 24.5 Å². The van der Waals surface area contributed by atoms with Crippen LogP contribution in [0.2, 0.25) is 10.0 Å². The number of carbonyl (C=O) groups excluding carboxylic acids is 2. The number of amides is 3. The number of benzene rings is 1. The van der Waals surface area contributed by atoms with Crippen LogP contribution in [0.15, 0.2) is 42.6 Å². The van der Waals surface area contributed by atoms with Crippen LogP contribution >= 0.6 is 23.2 Å². The normalized spacial score (nSPS) is 21.3. The minimum Gasteiger partial charge on any atom is -0.474 e. The fraction of sp³-hybridized carbons (Fsp3) is 0.409. The topological polar surface area (TPSA) is 74.8 Å². The van der Waals surface area contributed by atoms with Gasteiger partial charge in [0.15, 0.2) is 0 Å². The number of ether oxygens (including phenoxy) is 1. The van der Waals surface area contributed by atoms with Crippen molar-refractivity contribution in [2.24, 2.45) is 0 Å². The Bertz CT molecular complexity index is 915. The van der Waals surface area contributed by atoms with Gasteiger partial charge in [-0.3, -0.25) is 9.69 Å². The first-order valence-electron chi connectivity index (χ1n) is 10.4. The quantitative estimate of drug-likeness (QED) is 0.699. The Kier molecular flexibility index (Phi) is 6.83. The number of nitrogens with zero attached hydrogens (tertiary/aromatic N) is 3. The Hall–Kier alpha value is -2.51. The van der Waals surface area contributed by atoms with Gasteiger partial charge in [-0.1, -0.05) is 23.2 Å². The number of aromatic nitrogens is 1. The van der Waals surface area contributed by atoms with Crippen LogP contribution in [-0.2, 0) is 4.79 Å². The highest BCUT2D eigenvalue weighted by molar-refractivity contribution is 6.30. The maximum absolute atomic E-state index is 12.7. The smallest absolute Gasteiger partial charge is 0.325 e. The van der Waals surface area contributed by atoms with E-state index >= 15 is 0 Å². The molecule has 2 aliphatic rings. The van der Waals surface area contributed by atoms with Crippen LogP contribution in [0.25, 0.3) is 0 Å². The number of carbonyl (C=O) groups is 2. The van der Waals surface area contributed by atoms with Crippen molar-refractivity contribution in [1.82, 2.24) is 15.2 Å². The number of hydrogen-bond donors (Lipinski definition) is 1. The van der Waals surface area contributed by atoms with E-state index in [4.69, 9.17) is 27.9 Å². The molecular weight excluding hydrogens is 439 g/mol. The third-order valence-corrected chi connectivity index (χ3v) is 6.07. The molecule has 9 heteroatoms. The summed E-state index contributed by atoms with van der Waals surface area (Å²) in [6.45, 7) is 1.13. The lowest BCUT2D eigenvalue weighted by molar-refractivity contribution is -0.122. The Morgan fingerprint density at radius 3 is 2.42 bits per heavy atom. The van der Waals surface area contributed by atoms with Crippen molar-refractivity contribution in [2.45, 2.75) is 37.8 Å². The Morgan fingerprint density at radius 2 is 1.74 bits per heavy atom. The van der Waals surface area contributed by atoms with Crippen LogP contribution in [0.3, 0.4) is 0 Å². The number of urea groups is 1. The second-order valence-electron chi connectivity index (χ2n) is 7.81. The van der Waals surface area contributed by atoms with Gasteiger partial charge in [0.1, 0.15) is 12.6 Å². The molecule has 4 rings (SSSR count). The molecule has 1 saturated carbocycles. The predicted octanol–water partition coefficient (Wildman–Crippen LogP) is 4.14. The van der Waals surface area contributed by atoms with E-state index in [0.29, 0.717) is 29.0 Å². The van der Waals surface area contributed by atoms with E-state index < -0.39 is 0 Å². The van der Waals surface area contributed by atoms with E-state index in [0.717, 1.165) is 31.4 Å². The van der Waals surface area contributed by atoms with E-state index in [1.807, 2.05) is 12.1 Å². The van der Waals surface area contributed by atoms with Gasteiger partial charge in [-0.25, -0.2) is 9.78 Å². The summed E-state index contributed by atoms with van der Waals surface area (Å²) in [5, 5.41) is 4.26. The summed E-state index contributed by atoms with van der Waals surface area (Å²) in [7, 11) is 0. The van der Waals surface area contributed by atoms with Crippen LogP contribution < -0.4 is 15.0 Å². The van der Waals surface area contributed by atoms with Crippen molar-refractivity contribution in [3.8, 4) is 5.88 Å². The number of hydrogen-bond acceptors (Lipinski definition) is 4. The largest absolute Gasteiger partial charge is 0.474 e. The molecule has 7 nitrogen and oxygen atoms in total. The molecule has 1 aromatic heterocycles. The molecule has 2 heterocycles. The van der Waals surface area contributed by atoms with E-state index in [-0.39, 0.29) is 30.6 Å². The van der Waals surface area contributed by atoms with Crippen LogP contribution in [0.4, 0.5) is 10.5 Å². The van der Waals surface area contributed by atoms with Gasteiger partial charge >= 0.3 is 6.03 Å². The first-order valence-corrected chi connectivity index (χ1v) is 11.1. The molecule has 31 heavy (non-hydrogen) atoms. The lowest BCUT2D eigenvalue weighted by Gasteiger charge is -2.29. The van der Waals surface area contributed by atoms with Gasteiger partial charge in [-0.05, 0) is 56.0 Å². The highest BCUT2D eigenvalue weighted by Gasteiger charge is 2.31. The molecular formula is C22H24Cl2N4O3. The van der Waals surface area contributed by atoms with Gasteiger partial charge in [0.25, 0.3) is 0 Å². The van der Waals surface area contributed by atoms with Crippen molar-refractivity contribution in [3.05, 3.63) is 52.6 Å². The molecule has 2 fully saturated rings. The van der Waals surface area contributed by atoms with Gasteiger partial charge in [0, 0.05) is 42.1 Å². The first-order chi connectivity index (χ1) is 15.0. The molecule has 0 radical (unpaired) electrons. The van der Waals surface area contributed by atoms with Crippen LogP contribution in [0.5, 0.6) is 5.88 Å². The monoisotopic (exact) mass is 462 g/mol. The summed E-state index contributed by atoms with van der Waals surface area (Å²) >= 11 is 11.8. The molecule has 0 spiro atoms. The minimum atomic E-state index is -0.162. The van der Waals surface area contributed by atoms with E-state index in [1.165, 1.54) is 0 Å². The molecule has 2 aromatic rings. The fourth-order valence-electron chi connectivity index (χ4n) is 3.96. The Morgan fingerprint density at radius 1 is 1.03 bits per heavy atom. The maximum atomic E-state index is 12.7. The standard InChI is InChI=1S/C22H24Cl2N4O3/c23-15-1-6-18(7-2-15)28-12-11-27(22(28)30)14-20(29)26-17-4-8-19(9-5-17)31-21-10-3-16(24)13-25-21/h1-3,6-7,10,13,17,19H,4-5,8-9,11-12,14H2,(H,26,29). The molecule has 1 aliphatic heterocycles. The number of nitrogens with one attached hydrogen (secondary N) is 1. The van der Waals surface area contributed by atoms with E-state index in [2.05, 4.69) is 10.3 Å². The predicted molar refractivity (Wildman–Crippen MR) is 120 cm³/mol.